The second-order valence-corrected chi connectivity index (χ2v) is 9.68. The number of ether oxygens (including phenoxy) is 2. The number of amides is 2. The van der Waals surface area contributed by atoms with Crippen LogP contribution in [0.5, 0.6) is 0 Å². The van der Waals surface area contributed by atoms with E-state index in [1.165, 1.54) is 5.56 Å². The standard InChI is InChI=1S/C26H34N2O4/c1-3-31-16-6-15-28-23(24(29)27-19-7-4-5-8-19)26-14-13-20(32-26)21(22(26)25(28)30)18-11-9-17(2)10-12-18/h9-14,19-23H,3-8,15-16H2,1-2H3,(H,27,29)/t20-,21+,22+,23+,26+/m1/s1. The van der Waals surface area contributed by atoms with Crippen molar-refractivity contribution in [1.82, 2.24) is 10.2 Å². The lowest BCUT2D eigenvalue weighted by Crippen LogP contribution is -2.56. The van der Waals surface area contributed by atoms with E-state index in [1.807, 2.05) is 13.0 Å². The minimum atomic E-state index is -0.883. The first-order chi connectivity index (χ1) is 15.5. The van der Waals surface area contributed by atoms with Gasteiger partial charge in [0, 0.05) is 31.7 Å². The van der Waals surface area contributed by atoms with Crippen LogP contribution in [0.4, 0.5) is 0 Å². The second-order valence-electron chi connectivity index (χ2n) is 9.68. The average molecular weight is 439 g/mol. The number of nitrogens with one attached hydrogen (secondary N) is 1. The summed E-state index contributed by atoms with van der Waals surface area (Å²) in [6.07, 6.45) is 8.93. The van der Waals surface area contributed by atoms with Crippen LogP contribution in [0.15, 0.2) is 36.4 Å². The van der Waals surface area contributed by atoms with Gasteiger partial charge in [-0.3, -0.25) is 9.59 Å². The molecule has 6 nitrogen and oxygen atoms in total. The SMILES string of the molecule is CCOCCCN1C(=O)[C@@H]2[C@@H](c3ccc(C)cc3)[C@H]3C=C[C@@]2(O3)[C@@H]1C(=O)NC1CCCC1. The number of likely N-dealkylation sites (tertiary alicyclic amines) is 1. The third kappa shape index (κ3) is 3.48. The quantitative estimate of drug-likeness (QED) is 0.500. The maximum Gasteiger partial charge on any atom is 0.246 e. The number of hydrogen-bond donors (Lipinski definition) is 1. The Labute approximate surface area is 190 Å². The molecule has 6 heteroatoms. The van der Waals surface area contributed by atoms with Crippen molar-refractivity contribution in [2.24, 2.45) is 5.92 Å². The fourth-order valence-corrected chi connectivity index (χ4v) is 6.21. The lowest BCUT2D eigenvalue weighted by Gasteiger charge is -2.33. The number of carbonyl (C=O) groups excluding carboxylic acids is 2. The molecule has 3 fully saturated rings. The number of rotatable bonds is 8. The van der Waals surface area contributed by atoms with Crippen LogP contribution in [0.25, 0.3) is 0 Å². The molecule has 0 aromatic heterocycles. The van der Waals surface area contributed by atoms with Crippen LogP contribution in [0.2, 0.25) is 0 Å². The maximum absolute atomic E-state index is 13.8. The molecule has 2 saturated heterocycles. The minimum Gasteiger partial charge on any atom is -0.382 e. The molecule has 1 saturated carbocycles. The molecule has 0 unspecified atom stereocenters. The van der Waals surface area contributed by atoms with Crippen LogP contribution in [-0.4, -0.2) is 60.3 Å². The lowest BCUT2D eigenvalue weighted by molar-refractivity contribution is -0.139. The molecule has 5 rings (SSSR count). The molecular formula is C26H34N2O4. The van der Waals surface area contributed by atoms with Gasteiger partial charge in [0.2, 0.25) is 11.8 Å². The zero-order valence-corrected chi connectivity index (χ0v) is 19.1. The van der Waals surface area contributed by atoms with Gasteiger partial charge in [0.1, 0.15) is 11.6 Å². The van der Waals surface area contributed by atoms with E-state index in [0.29, 0.717) is 26.2 Å². The van der Waals surface area contributed by atoms with Gasteiger partial charge >= 0.3 is 0 Å². The molecule has 3 heterocycles. The second kappa shape index (κ2) is 8.64. The van der Waals surface area contributed by atoms with E-state index in [4.69, 9.17) is 9.47 Å². The van der Waals surface area contributed by atoms with Crippen molar-refractivity contribution in [3.63, 3.8) is 0 Å². The van der Waals surface area contributed by atoms with Crippen molar-refractivity contribution < 1.29 is 19.1 Å². The van der Waals surface area contributed by atoms with E-state index in [9.17, 15) is 9.59 Å². The summed E-state index contributed by atoms with van der Waals surface area (Å²) >= 11 is 0. The molecular weight excluding hydrogens is 404 g/mol. The Kier molecular flexibility index (Phi) is 5.84. The average Bonchev–Trinajstić information content (AvgIpc) is 3.55. The van der Waals surface area contributed by atoms with Crippen LogP contribution in [0.1, 0.15) is 56.1 Å². The van der Waals surface area contributed by atoms with Crippen molar-refractivity contribution in [2.45, 2.75) is 75.7 Å². The van der Waals surface area contributed by atoms with Gasteiger partial charge in [-0.1, -0.05) is 54.8 Å². The minimum absolute atomic E-state index is 0.0329. The Morgan fingerprint density at radius 3 is 2.72 bits per heavy atom. The van der Waals surface area contributed by atoms with Crippen molar-refractivity contribution in [2.75, 3.05) is 19.8 Å². The maximum atomic E-state index is 13.8. The molecule has 2 amide bonds. The van der Waals surface area contributed by atoms with Crippen LogP contribution in [0.3, 0.4) is 0 Å². The number of nitrogens with zero attached hydrogens (tertiary/aromatic N) is 1. The van der Waals surface area contributed by atoms with Crippen molar-refractivity contribution in [1.29, 1.82) is 0 Å². The Bertz CT molecular complexity index is 892. The van der Waals surface area contributed by atoms with E-state index < -0.39 is 11.6 Å². The highest BCUT2D eigenvalue weighted by molar-refractivity contribution is 5.97. The number of fused-ring (bicyclic) bond motifs is 1. The van der Waals surface area contributed by atoms with Gasteiger partial charge in [0.25, 0.3) is 0 Å². The first kappa shape index (κ1) is 21.7. The predicted octanol–water partition coefficient (Wildman–Crippen LogP) is 3.10. The van der Waals surface area contributed by atoms with Crippen LogP contribution >= 0.6 is 0 Å². The topological polar surface area (TPSA) is 67.9 Å². The van der Waals surface area contributed by atoms with Gasteiger partial charge in [-0.25, -0.2) is 0 Å². The summed E-state index contributed by atoms with van der Waals surface area (Å²) in [5.74, 6) is -0.470. The van der Waals surface area contributed by atoms with Gasteiger partial charge in [-0.15, -0.1) is 0 Å². The van der Waals surface area contributed by atoms with Crippen LogP contribution in [-0.2, 0) is 19.1 Å². The third-order valence-electron chi connectivity index (χ3n) is 7.68. The zero-order chi connectivity index (χ0) is 22.3. The molecule has 32 heavy (non-hydrogen) atoms. The number of aryl methyl sites for hydroxylation is 1. The largest absolute Gasteiger partial charge is 0.382 e. The molecule has 1 N–H and O–H groups in total. The molecule has 1 aromatic rings. The van der Waals surface area contributed by atoms with Gasteiger partial charge in [-0.05, 0) is 38.7 Å². The fraction of sp³-hybridized carbons (Fsp3) is 0.615. The molecule has 0 radical (unpaired) electrons. The monoisotopic (exact) mass is 438 g/mol. The lowest BCUT2D eigenvalue weighted by atomic mass is 9.72. The Balaban J connectivity index is 1.46. The summed E-state index contributed by atoms with van der Waals surface area (Å²) in [4.78, 5) is 29.2. The Hall–Kier alpha value is -2.18. The normalized spacial score (nSPS) is 33.3. The molecule has 3 aliphatic heterocycles. The summed E-state index contributed by atoms with van der Waals surface area (Å²) in [6, 6.07) is 7.95. The van der Waals surface area contributed by atoms with E-state index in [2.05, 4.69) is 42.6 Å². The molecule has 5 atom stereocenters. The Morgan fingerprint density at radius 1 is 1.25 bits per heavy atom. The molecule has 1 aromatic carbocycles. The highest BCUT2D eigenvalue weighted by Crippen LogP contribution is 2.58. The molecule has 1 aliphatic carbocycles. The van der Waals surface area contributed by atoms with E-state index in [0.717, 1.165) is 31.2 Å². The van der Waals surface area contributed by atoms with E-state index >= 15 is 0 Å². The smallest absolute Gasteiger partial charge is 0.246 e. The molecule has 2 bridgehead atoms. The highest BCUT2D eigenvalue weighted by atomic mass is 16.5. The van der Waals surface area contributed by atoms with Gasteiger partial charge in [0.05, 0.1) is 12.0 Å². The summed E-state index contributed by atoms with van der Waals surface area (Å²) in [7, 11) is 0. The number of benzene rings is 1. The number of hydrogen-bond acceptors (Lipinski definition) is 4. The van der Waals surface area contributed by atoms with E-state index in [1.54, 1.807) is 4.90 Å². The van der Waals surface area contributed by atoms with Crippen LogP contribution in [0, 0.1) is 12.8 Å². The number of carbonyl (C=O) groups is 2. The fourth-order valence-electron chi connectivity index (χ4n) is 6.21. The van der Waals surface area contributed by atoms with E-state index in [-0.39, 0.29) is 35.8 Å². The summed E-state index contributed by atoms with van der Waals surface area (Å²) < 4.78 is 12.0. The van der Waals surface area contributed by atoms with Crippen LogP contribution < -0.4 is 5.32 Å². The molecule has 1 spiro atoms. The molecule has 172 valence electrons. The summed E-state index contributed by atoms with van der Waals surface area (Å²) in [5, 5.41) is 3.25. The molecule has 4 aliphatic rings. The first-order valence-electron chi connectivity index (χ1n) is 12.2. The summed E-state index contributed by atoms with van der Waals surface area (Å²) in [5.41, 5.74) is 1.41. The third-order valence-corrected chi connectivity index (χ3v) is 7.68. The van der Waals surface area contributed by atoms with Gasteiger partial charge in [0.15, 0.2) is 0 Å². The predicted molar refractivity (Wildman–Crippen MR) is 121 cm³/mol. The highest BCUT2D eigenvalue weighted by Gasteiger charge is 2.71. The van der Waals surface area contributed by atoms with Crippen molar-refractivity contribution in [3.05, 3.63) is 47.5 Å². The van der Waals surface area contributed by atoms with Gasteiger partial charge < -0.3 is 19.7 Å². The van der Waals surface area contributed by atoms with Crippen molar-refractivity contribution in [3.8, 4) is 0 Å². The first-order valence-corrected chi connectivity index (χ1v) is 12.2. The Morgan fingerprint density at radius 2 is 2.00 bits per heavy atom. The van der Waals surface area contributed by atoms with Gasteiger partial charge in [-0.2, -0.15) is 0 Å². The van der Waals surface area contributed by atoms with Crippen molar-refractivity contribution >= 4 is 11.8 Å². The zero-order valence-electron chi connectivity index (χ0n) is 19.1. The summed E-state index contributed by atoms with van der Waals surface area (Å²) in [6.45, 7) is 5.76.